The zero-order valence-corrected chi connectivity index (χ0v) is 18.1. The molecule has 1 aliphatic heterocycles. The number of rotatable bonds is 7. The van der Waals surface area contributed by atoms with Crippen molar-refractivity contribution in [2.45, 2.75) is 19.9 Å². The van der Waals surface area contributed by atoms with Crippen LogP contribution in [0.15, 0.2) is 48.7 Å². The fourth-order valence-corrected chi connectivity index (χ4v) is 4.03. The van der Waals surface area contributed by atoms with E-state index in [0.29, 0.717) is 24.6 Å². The summed E-state index contributed by atoms with van der Waals surface area (Å²) in [5.74, 6) is -0.0153. The Morgan fingerprint density at radius 2 is 2.00 bits per heavy atom. The highest BCUT2D eigenvalue weighted by atomic mass is 16.5. The topological polar surface area (TPSA) is 72.8 Å². The van der Waals surface area contributed by atoms with E-state index in [4.69, 9.17) is 9.47 Å². The van der Waals surface area contributed by atoms with Crippen molar-refractivity contribution in [3.63, 3.8) is 0 Å². The van der Waals surface area contributed by atoms with Crippen molar-refractivity contribution in [3.05, 3.63) is 54.2 Å². The molecule has 2 aromatic carbocycles. The van der Waals surface area contributed by atoms with Crippen LogP contribution >= 0.6 is 0 Å². The summed E-state index contributed by atoms with van der Waals surface area (Å²) in [6, 6.07) is 13.6. The Hall–Kier alpha value is -3.32. The van der Waals surface area contributed by atoms with E-state index in [9.17, 15) is 9.59 Å². The van der Waals surface area contributed by atoms with E-state index in [1.807, 2.05) is 55.6 Å². The lowest BCUT2D eigenvalue weighted by molar-refractivity contribution is -0.122. The molecule has 1 saturated heterocycles. The molecule has 0 spiro atoms. The largest absolute Gasteiger partial charge is 0.495 e. The van der Waals surface area contributed by atoms with Gasteiger partial charge in [0.05, 0.1) is 25.3 Å². The fraction of sp³-hybridized carbons (Fsp3) is 0.333. The van der Waals surface area contributed by atoms with Crippen LogP contribution in [0.25, 0.3) is 10.9 Å². The van der Waals surface area contributed by atoms with Crippen molar-refractivity contribution in [1.29, 1.82) is 0 Å². The Morgan fingerprint density at radius 1 is 1.16 bits per heavy atom. The van der Waals surface area contributed by atoms with Gasteiger partial charge in [-0.25, -0.2) is 0 Å². The maximum Gasteiger partial charge on any atom is 0.229 e. The minimum atomic E-state index is -0.417. The molecule has 0 aliphatic carbocycles. The molecule has 1 unspecified atom stereocenters. The first kappa shape index (κ1) is 20.9. The fourth-order valence-electron chi connectivity index (χ4n) is 4.03. The van der Waals surface area contributed by atoms with Crippen molar-refractivity contribution in [2.75, 3.05) is 37.6 Å². The lowest BCUT2D eigenvalue weighted by Crippen LogP contribution is -2.28. The number of nitrogens with zero attached hydrogens (tertiary/aromatic N) is 2. The van der Waals surface area contributed by atoms with Crippen LogP contribution in [0.1, 0.15) is 12.0 Å². The molecule has 1 aromatic heterocycles. The number of aryl methyl sites for hydroxylation is 1. The summed E-state index contributed by atoms with van der Waals surface area (Å²) in [4.78, 5) is 27.2. The standard InChI is InChI=1S/C24H27N3O4/c1-16-4-7-22(31-3)21(12-16)27-15-18(14-23(27)28)24(29)25-19-5-6-20-17(13-19)8-9-26(20)10-11-30-2/h4-9,12-13,18H,10-11,14-15H2,1-3H3,(H,25,29). The molecule has 1 aliphatic rings. The summed E-state index contributed by atoms with van der Waals surface area (Å²) in [7, 11) is 3.26. The van der Waals surface area contributed by atoms with Gasteiger partial charge in [0.15, 0.2) is 0 Å². The van der Waals surface area contributed by atoms with Crippen LogP contribution in [-0.2, 0) is 20.9 Å². The van der Waals surface area contributed by atoms with E-state index in [1.165, 1.54) is 0 Å². The summed E-state index contributed by atoms with van der Waals surface area (Å²) in [6.45, 7) is 3.71. The van der Waals surface area contributed by atoms with Gasteiger partial charge in [0.25, 0.3) is 0 Å². The normalized spacial score (nSPS) is 16.2. The Bertz CT molecular complexity index is 1120. The summed E-state index contributed by atoms with van der Waals surface area (Å²) in [5.41, 5.74) is 3.55. The molecule has 162 valence electrons. The molecule has 3 aromatic rings. The van der Waals surface area contributed by atoms with Crippen LogP contribution in [0.4, 0.5) is 11.4 Å². The van der Waals surface area contributed by atoms with Gasteiger partial charge in [0, 0.05) is 49.4 Å². The number of carbonyl (C=O) groups is 2. The average Bonchev–Trinajstić information content (AvgIpc) is 3.35. The second-order valence-electron chi connectivity index (χ2n) is 7.85. The number of aromatic nitrogens is 1. The average molecular weight is 421 g/mol. The molecular formula is C24H27N3O4. The zero-order valence-electron chi connectivity index (χ0n) is 18.1. The molecule has 7 heteroatoms. The first-order chi connectivity index (χ1) is 15.0. The minimum absolute atomic E-state index is 0.0743. The summed E-state index contributed by atoms with van der Waals surface area (Å²) in [6.07, 6.45) is 2.19. The highest BCUT2D eigenvalue weighted by molar-refractivity contribution is 6.04. The molecule has 2 amide bonds. The minimum Gasteiger partial charge on any atom is -0.495 e. The van der Waals surface area contributed by atoms with Gasteiger partial charge in [0.1, 0.15) is 5.75 Å². The third-order valence-corrected chi connectivity index (χ3v) is 5.70. The molecule has 0 bridgehead atoms. The van der Waals surface area contributed by atoms with E-state index < -0.39 is 5.92 Å². The van der Waals surface area contributed by atoms with E-state index in [-0.39, 0.29) is 18.2 Å². The number of benzene rings is 2. The van der Waals surface area contributed by atoms with E-state index in [1.54, 1.807) is 19.1 Å². The van der Waals surface area contributed by atoms with Crippen molar-refractivity contribution in [1.82, 2.24) is 4.57 Å². The van der Waals surface area contributed by atoms with E-state index in [2.05, 4.69) is 9.88 Å². The van der Waals surface area contributed by atoms with Crippen LogP contribution in [-0.4, -0.2) is 43.8 Å². The highest BCUT2D eigenvalue weighted by Gasteiger charge is 2.36. The molecule has 2 heterocycles. The maximum atomic E-state index is 12.9. The van der Waals surface area contributed by atoms with Crippen molar-refractivity contribution < 1.29 is 19.1 Å². The Morgan fingerprint density at radius 3 is 2.77 bits per heavy atom. The lowest BCUT2D eigenvalue weighted by atomic mass is 10.1. The van der Waals surface area contributed by atoms with Crippen molar-refractivity contribution in [2.24, 2.45) is 5.92 Å². The SMILES string of the molecule is COCCn1ccc2cc(NC(=O)C3CC(=O)N(c4cc(C)ccc4OC)C3)ccc21. The number of hydrogen-bond acceptors (Lipinski definition) is 4. The Balaban J connectivity index is 1.47. The van der Waals surface area contributed by atoms with Crippen molar-refractivity contribution in [3.8, 4) is 5.75 Å². The van der Waals surface area contributed by atoms with Gasteiger partial charge in [-0.15, -0.1) is 0 Å². The van der Waals surface area contributed by atoms with Crippen LogP contribution in [0.5, 0.6) is 5.75 Å². The Labute approximate surface area is 181 Å². The molecule has 0 saturated carbocycles. The first-order valence-electron chi connectivity index (χ1n) is 10.3. The predicted octanol–water partition coefficient (Wildman–Crippen LogP) is 3.60. The van der Waals surface area contributed by atoms with E-state index >= 15 is 0 Å². The molecule has 7 nitrogen and oxygen atoms in total. The molecule has 0 radical (unpaired) electrons. The number of nitrogens with one attached hydrogen (secondary N) is 1. The van der Waals surface area contributed by atoms with Gasteiger partial charge in [-0.1, -0.05) is 6.07 Å². The second kappa shape index (κ2) is 8.81. The number of amides is 2. The van der Waals surface area contributed by atoms with Crippen LogP contribution in [0.2, 0.25) is 0 Å². The van der Waals surface area contributed by atoms with Crippen LogP contribution in [0.3, 0.4) is 0 Å². The predicted molar refractivity (Wildman–Crippen MR) is 121 cm³/mol. The number of fused-ring (bicyclic) bond motifs is 1. The molecule has 1 N–H and O–H groups in total. The van der Waals surface area contributed by atoms with Gasteiger partial charge in [-0.3, -0.25) is 9.59 Å². The Kier molecular flexibility index (Phi) is 5.95. The first-order valence-corrected chi connectivity index (χ1v) is 10.3. The van der Waals surface area contributed by atoms with Gasteiger partial charge in [0.2, 0.25) is 11.8 Å². The van der Waals surface area contributed by atoms with Crippen LogP contribution in [0, 0.1) is 12.8 Å². The molecule has 4 rings (SSSR count). The van der Waals surface area contributed by atoms with Crippen molar-refractivity contribution >= 4 is 34.1 Å². The number of hydrogen-bond donors (Lipinski definition) is 1. The molecule has 31 heavy (non-hydrogen) atoms. The maximum absolute atomic E-state index is 12.9. The molecular weight excluding hydrogens is 394 g/mol. The van der Waals surface area contributed by atoms with E-state index in [0.717, 1.165) is 28.7 Å². The number of anilines is 2. The second-order valence-corrected chi connectivity index (χ2v) is 7.85. The molecule has 1 fully saturated rings. The molecule has 1 atom stereocenters. The van der Waals surface area contributed by atoms with Gasteiger partial charge in [-0.05, 0) is 48.9 Å². The third-order valence-electron chi connectivity index (χ3n) is 5.70. The summed E-state index contributed by atoms with van der Waals surface area (Å²) < 4.78 is 12.7. The summed E-state index contributed by atoms with van der Waals surface area (Å²) in [5, 5.41) is 4.02. The summed E-state index contributed by atoms with van der Waals surface area (Å²) >= 11 is 0. The third kappa shape index (κ3) is 4.27. The zero-order chi connectivity index (χ0) is 22.0. The van der Waals surface area contributed by atoms with Gasteiger partial charge >= 0.3 is 0 Å². The lowest BCUT2D eigenvalue weighted by Gasteiger charge is -2.20. The monoisotopic (exact) mass is 421 g/mol. The highest BCUT2D eigenvalue weighted by Crippen LogP contribution is 2.34. The number of methoxy groups -OCH3 is 2. The van der Waals surface area contributed by atoms with Gasteiger partial charge < -0.3 is 24.3 Å². The number of carbonyl (C=O) groups excluding carboxylic acids is 2. The van der Waals surface area contributed by atoms with Crippen LogP contribution < -0.4 is 15.0 Å². The van der Waals surface area contributed by atoms with Gasteiger partial charge in [-0.2, -0.15) is 0 Å². The smallest absolute Gasteiger partial charge is 0.229 e. The quantitative estimate of drug-likeness (QED) is 0.633. The number of ether oxygens (including phenoxy) is 2.